The number of nitrogens with zero attached hydrogens (tertiary/aromatic N) is 3. The van der Waals surface area contributed by atoms with Crippen molar-refractivity contribution in [3.05, 3.63) is 48.2 Å². The van der Waals surface area contributed by atoms with Crippen LogP contribution in [-0.4, -0.2) is 54.2 Å². The molecule has 1 fully saturated rings. The molecule has 0 spiro atoms. The number of aliphatic imine (C=N–C) groups is 1. The van der Waals surface area contributed by atoms with Gasteiger partial charge in [0.25, 0.3) is 0 Å². The van der Waals surface area contributed by atoms with Crippen molar-refractivity contribution in [1.29, 1.82) is 0 Å². The van der Waals surface area contributed by atoms with Crippen molar-refractivity contribution in [1.82, 2.24) is 20.5 Å². The molecule has 0 bridgehead atoms. The first kappa shape index (κ1) is 23.9. The van der Waals surface area contributed by atoms with E-state index in [1.54, 1.807) is 6.20 Å². The van der Waals surface area contributed by atoms with Crippen LogP contribution in [0, 0.1) is 0 Å². The Morgan fingerprint density at radius 3 is 2.50 bits per heavy atom. The molecule has 174 valence electrons. The molecule has 1 aromatic carbocycles. The molecule has 0 aliphatic carbocycles. The van der Waals surface area contributed by atoms with Crippen LogP contribution in [0.1, 0.15) is 46.1 Å². The second kappa shape index (κ2) is 12.3. The topological polar surface area (TPSA) is 71.0 Å². The number of pyridine rings is 1. The average molecular weight is 440 g/mol. The van der Waals surface area contributed by atoms with E-state index in [9.17, 15) is 0 Å². The lowest BCUT2D eigenvalue weighted by Gasteiger charge is -2.35. The van der Waals surface area contributed by atoms with Gasteiger partial charge in [0.1, 0.15) is 11.5 Å². The molecule has 1 aliphatic heterocycles. The van der Waals surface area contributed by atoms with E-state index < -0.39 is 0 Å². The van der Waals surface area contributed by atoms with E-state index in [4.69, 9.17) is 14.5 Å². The zero-order valence-corrected chi connectivity index (χ0v) is 19.8. The van der Waals surface area contributed by atoms with Crippen molar-refractivity contribution in [3.63, 3.8) is 0 Å². The van der Waals surface area contributed by atoms with Gasteiger partial charge in [0, 0.05) is 44.0 Å². The van der Waals surface area contributed by atoms with Gasteiger partial charge in [-0.1, -0.05) is 0 Å². The van der Waals surface area contributed by atoms with Crippen LogP contribution in [0.4, 0.5) is 0 Å². The van der Waals surface area contributed by atoms with Gasteiger partial charge in [-0.3, -0.25) is 0 Å². The maximum atomic E-state index is 5.91. The zero-order chi connectivity index (χ0) is 22.8. The maximum Gasteiger partial charge on any atom is 0.219 e. The molecule has 2 N–H and O–H groups in total. The molecular weight excluding hydrogens is 402 g/mol. The normalized spacial score (nSPS) is 15.6. The summed E-state index contributed by atoms with van der Waals surface area (Å²) < 4.78 is 11.4. The van der Waals surface area contributed by atoms with Crippen molar-refractivity contribution in [2.45, 2.75) is 59.2 Å². The second-order valence-corrected chi connectivity index (χ2v) is 8.25. The number of rotatable bonds is 9. The summed E-state index contributed by atoms with van der Waals surface area (Å²) in [4.78, 5) is 11.7. The Morgan fingerprint density at radius 2 is 1.84 bits per heavy atom. The Labute approximate surface area is 192 Å². The highest BCUT2D eigenvalue weighted by molar-refractivity contribution is 5.80. The van der Waals surface area contributed by atoms with Gasteiger partial charge in [-0.2, -0.15) is 0 Å². The minimum Gasteiger partial charge on any atom is -0.494 e. The molecule has 32 heavy (non-hydrogen) atoms. The molecule has 3 rings (SSSR count). The van der Waals surface area contributed by atoms with E-state index in [0.717, 1.165) is 55.5 Å². The minimum atomic E-state index is 0.457. The summed E-state index contributed by atoms with van der Waals surface area (Å²) in [6.45, 7) is 12.9. The minimum absolute atomic E-state index is 0.457. The van der Waals surface area contributed by atoms with Crippen LogP contribution in [0.3, 0.4) is 0 Å². The van der Waals surface area contributed by atoms with Crippen LogP contribution in [-0.2, 0) is 6.54 Å². The van der Waals surface area contributed by atoms with E-state index in [1.807, 2.05) is 43.3 Å². The van der Waals surface area contributed by atoms with Gasteiger partial charge >= 0.3 is 0 Å². The largest absolute Gasteiger partial charge is 0.494 e. The summed E-state index contributed by atoms with van der Waals surface area (Å²) >= 11 is 0. The maximum absolute atomic E-state index is 5.91. The Balaban J connectivity index is 1.57. The quantitative estimate of drug-likeness (QED) is 0.451. The first-order valence-electron chi connectivity index (χ1n) is 11.7. The monoisotopic (exact) mass is 439 g/mol. The fraction of sp³-hybridized carbons (Fsp3) is 0.520. The number of aromatic nitrogens is 1. The summed E-state index contributed by atoms with van der Waals surface area (Å²) in [5.41, 5.74) is 1.05. The third kappa shape index (κ3) is 7.41. The summed E-state index contributed by atoms with van der Waals surface area (Å²) in [6, 6.07) is 12.5. The van der Waals surface area contributed by atoms with Crippen LogP contribution in [0.15, 0.2) is 47.6 Å². The number of piperidine rings is 1. The molecule has 0 unspecified atom stereocenters. The Bertz CT molecular complexity index is 846. The van der Waals surface area contributed by atoms with E-state index in [2.05, 4.69) is 41.3 Å². The van der Waals surface area contributed by atoms with Gasteiger partial charge in [-0.25, -0.2) is 9.98 Å². The third-order valence-electron chi connectivity index (χ3n) is 5.52. The molecule has 0 saturated carbocycles. The van der Waals surface area contributed by atoms with Crippen LogP contribution in [0.5, 0.6) is 17.4 Å². The third-order valence-corrected chi connectivity index (χ3v) is 5.52. The fourth-order valence-electron chi connectivity index (χ4n) is 3.74. The van der Waals surface area contributed by atoms with Crippen molar-refractivity contribution in [2.75, 3.05) is 26.2 Å². The van der Waals surface area contributed by atoms with Gasteiger partial charge in [-0.15, -0.1) is 0 Å². The van der Waals surface area contributed by atoms with Crippen LogP contribution < -0.4 is 20.1 Å². The Morgan fingerprint density at radius 1 is 1.12 bits per heavy atom. The number of nitrogens with one attached hydrogen (secondary N) is 2. The molecule has 0 atom stereocenters. The molecule has 7 heteroatoms. The van der Waals surface area contributed by atoms with Crippen LogP contribution in [0.25, 0.3) is 0 Å². The highest BCUT2D eigenvalue weighted by Crippen LogP contribution is 2.23. The standard InChI is InChI=1S/C25H37N5O2/c1-5-26-25(29-21-12-15-30(16-13-21)19(3)4)28-18-20-11-14-27-24(17-20)32-23-9-7-22(8-10-23)31-6-2/h7-11,14,17,19,21H,5-6,12-13,15-16,18H2,1-4H3,(H2,26,28,29). The molecule has 1 aliphatic rings. The lowest BCUT2D eigenvalue weighted by atomic mass is 10.0. The lowest BCUT2D eigenvalue weighted by Crippen LogP contribution is -2.49. The first-order valence-corrected chi connectivity index (χ1v) is 11.7. The predicted molar refractivity (Wildman–Crippen MR) is 130 cm³/mol. The van der Waals surface area contributed by atoms with Gasteiger partial charge in [0.2, 0.25) is 5.88 Å². The van der Waals surface area contributed by atoms with E-state index in [0.29, 0.717) is 31.1 Å². The second-order valence-electron chi connectivity index (χ2n) is 8.25. The molecule has 0 amide bonds. The van der Waals surface area contributed by atoms with Crippen molar-refractivity contribution in [3.8, 4) is 17.4 Å². The van der Waals surface area contributed by atoms with Crippen molar-refractivity contribution < 1.29 is 9.47 Å². The van der Waals surface area contributed by atoms with Crippen molar-refractivity contribution >= 4 is 5.96 Å². The number of hydrogen-bond donors (Lipinski definition) is 2. The van der Waals surface area contributed by atoms with Crippen molar-refractivity contribution in [2.24, 2.45) is 4.99 Å². The lowest BCUT2D eigenvalue weighted by molar-refractivity contribution is 0.167. The van der Waals surface area contributed by atoms with E-state index in [-0.39, 0.29) is 0 Å². The molecule has 1 saturated heterocycles. The van der Waals surface area contributed by atoms with Gasteiger partial charge < -0.3 is 25.0 Å². The molecular formula is C25H37N5O2. The molecule has 0 radical (unpaired) electrons. The summed E-state index contributed by atoms with van der Waals surface area (Å²) in [5, 5.41) is 6.98. The molecule has 1 aromatic heterocycles. The summed E-state index contributed by atoms with van der Waals surface area (Å²) in [7, 11) is 0. The zero-order valence-electron chi connectivity index (χ0n) is 19.8. The smallest absolute Gasteiger partial charge is 0.219 e. The summed E-state index contributed by atoms with van der Waals surface area (Å²) in [5.74, 6) is 2.97. The number of ether oxygens (including phenoxy) is 2. The highest BCUT2D eigenvalue weighted by atomic mass is 16.5. The number of likely N-dealkylation sites (tertiary alicyclic amines) is 1. The van der Waals surface area contributed by atoms with Crippen LogP contribution in [0.2, 0.25) is 0 Å². The predicted octanol–water partition coefficient (Wildman–Crippen LogP) is 4.20. The van der Waals surface area contributed by atoms with Crippen LogP contribution >= 0.6 is 0 Å². The Hall–Kier alpha value is -2.80. The number of guanidine groups is 1. The molecule has 2 aromatic rings. The number of benzene rings is 1. The molecule has 7 nitrogen and oxygen atoms in total. The fourth-order valence-corrected chi connectivity index (χ4v) is 3.74. The summed E-state index contributed by atoms with van der Waals surface area (Å²) in [6.07, 6.45) is 4.03. The number of hydrogen-bond acceptors (Lipinski definition) is 5. The van der Waals surface area contributed by atoms with Gasteiger partial charge in [0.05, 0.1) is 13.2 Å². The Kier molecular flexibility index (Phi) is 9.16. The van der Waals surface area contributed by atoms with E-state index in [1.165, 1.54) is 0 Å². The van der Waals surface area contributed by atoms with Gasteiger partial charge in [-0.05, 0) is 76.4 Å². The first-order chi connectivity index (χ1) is 15.6. The van der Waals surface area contributed by atoms with Gasteiger partial charge in [0.15, 0.2) is 5.96 Å². The SMILES string of the molecule is CCNC(=NCc1ccnc(Oc2ccc(OCC)cc2)c1)NC1CCN(C(C)C)CC1. The average Bonchev–Trinajstić information content (AvgIpc) is 2.80. The van der Waals surface area contributed by atoms with E-state index >= 15 is 0 Å². The molecule has 2 heterocycles. The highest BCUT2D eigenvalue weighted by Gasteiger charge is 2.21.